The summed E-state index contributed by atoms with van der Waals surface area (Å²) in [4.78, 5) is 0. The lowest BCUT2D eigenvalue weighted by Gasteiger charge is -2.21. The maximum atomic E-state index is 2.35. The van der Waals surface area contributed by atoms with Gasteiger partial charge in [0.2, 0.25) is 12.7 Å². The van der Waals surface area contributed by atoms with E-state index in [1.54, 1.807) is 0 Å². The summed E-state index contributed by atoms with van der Waals surface area (Å²) in [7, 11) is 4.11. The molecule has 3 rings (SSSR count). The van der Waals surface area contributed by atoms with Gasteiger partial charge in [0, 0.05) is 0 Å². The molecule has 3 aromatic rings. The van der Waals surface area contributed by atoms with Crippen LogP contribution in [0, 0.1) is 0 Å². The molecule has 0 N–H and O–H groups in total. The van der Waals surface area contributed by atoms with Crippen LogP contribution < -0.4 is 9.13 Å². The number of aromatic nitrogens is 4. The second kappa shape index (κ2) is 6.27. The van der Waals surface area contributed by atoms with Crippen LogP contribution in [0.1, 0.15) is 37.5 Å². The summed E-state index contributed by atoms with van der Waals surface area (Å²) in [6.45, 7) is 8.64. The fourth-order valence-electron chi connectivity index (χ4n) is 2.99. The third-order valence-corrected chi connectivity index (χ3v) is 4.30. The third-order valence-electron chi connectivity index (χ3n) is 4.30. The van der Waals surface area contributed by atoms with Crippen LogP contribution in [0.25, 0.3) is 0 Å². The number of nitrogens with zero attached hydrogens (tertiary/aromatic N) is 4. The fourth-order valence-corrected chi connectivity index (χ4v) is 2.99. The van der Waals surface area contributed by atoms with Gasteiger partial charge in [-0.2, -0.15) is 0 Å². The maximum Gasteiger partial charge on any atom is 0.243 e. The Morgan fingerprint density at radius 1 is 0.792 bits per heavy atom. The summed E-state index contributed by atoms with van der Waals surface area (Å²) in [5.41, 5.74) is 4.24. The molecule has 0 radical (unpaired) electrons. The number of benzene rings is 1. The molecule has 2 heterocycles. The highest BCUT2D eigenvalue weighted by Gasteiger charge is 2.17. The molecule has 1 aromatic carbocycles. The van der Waals surface area contributed by atoms with Gasteiger partial charge in [-0.05, 0) is 28.2 Å². The number of imidazole rings is 2. The molecule has 0 spiro atoms. The highest BCUT2D eigenvalue weighted by Crippen LogP contribution is 2.25. The zero-order valence-corrected chi connectivity index (χ0v) is 15.4. The van der Waals surface area contributed by atoms with Crippen molar-refractivity contribution in [2.24, 2.45) is 14.1 Å². The van der Waals surface area contributed by atoms with Gasteiger partial charge in [0.1, 0.15) is 37.9 Å². The Labute approximate surface area is 144 Å². The van der Waals surface area contributed by atoms with Gasteiger partial charge in [-0.3, -0.25) is 0 Å². The van der Waals surface area contributed by atoms with Crippen molar-refractivity contribution in [2.75, 3.05) is 0 Å². The summed E-state index contributed by atoms with van der Waals surface area (Å²) < 4.78 is 8.60. The van der Waals surface area contributed by atoms with Crippen molar-refractivity contribution >= 4 is 0 Å². The lowest BCUT2D eigenvalue weighted by atomic mass is 9.85. The second-order valence-corrected chi connectivity index (χ2v) is 7.79. The second-order valence-electron chi connectivity index (χ2n) is 7.79. The van der Waals surface area contributed by atoms with Gasteiger partial charge >= 0.3 is 0 Å². The standard InChI is InChI=1S/C20H28N4/c1-20(2,3)19-11-17(13-23-8-6-21(4)15-23)10-18(12-19)14-24-9-7-22(5)16-24/h6-12,15-16H,13-14H2,1-5H3/q+2. The Morgan fingerprint density at radius 3 is 1.58 bits per heavy atom. The Morgan fingerprint density at radius 2 is 1.25 bits per heavy atom. The first-order valence-corrected chi connectivity index (χ1v) is 8.45. The molecular formula is C20H28N4+2. The molecule has 0 fully saturated rings. The molecule has 4 nitrogen and oxygen atoms in total. The Balaban J connectivity index is 1.93. The third kappa shape index (κ3) is 3.94. The van der Waals surface area contributed by atoms with E-state index >= 15 is 0 Å². The molecule has 2 aromatic heterocycles. The van der Waals surface area contributed by atoms with Crippen LogP contribution in [0.4, 0.5) is 0 Å². The summed E-state index contributed by atoms with van der Waals surface area (Å²) in [6, 6.07) is 7.02. The van der Waals surface area contributed by atoms with Gasteiger partial charge in [0.15, 0.2) is 0 Å². The molecule has 0 bridgehead atoms. The zero-order valence-electron chi connectivity index (χ0n) is 15.4. The molecule has 24 heavy (non-hydrogen) atoms. The first-order valence-electron chi connectivity index (χ1n) is 8.45. The first-order chi connectivity index (χ1) is 11.3. The van der Waals surface area contributed by atoms with Crippen molar-refractivity contribution in [1.29, 1.82) is 0 Å². The van der Waals surface area contributed by atoms with E-state index in [0.29, 0.717) is 0 Å². The normalized spacial score (nSPS) is 11.9. The molecule has 126 valence electrons. The summed E-state index contributed by atoms with van der Waals surface area (Å²) in [5.74, 6) is 0. The van der Waals surface area contributed by atoms with Crippen molar-refractivity contribution in [3.8, 4) is 0 Å². The molecule has 0 aliphatic rings. The van der Waals surface area contributed by atoms with Crippen LogP contribution in [0.5, 0.6) is 0 Å². The molecule has 0 amide bonds. The fraction of sp³-hybridized carbons (Fsp3) is 0.400. The summed E-state index contributed by atoms with van der Waals surface area (Å²) in [5, 5.41) is 0. The van der Waals surface area contributed by atoms with Gasteiger partial charge in [-0.1, -0.05) is 32.9 Å². The van der Waals surface area contributed by atoms with E-state index in [-0.39, 0.29) is 5.41 Å². The average Bonchev–Trinajstić information content (AvgIpc) is 3.06. The highest BCUT2D eigenvalue weighted by atomic mass is 15.1. The van der Waals surface area contributed by atoms with E-state index in [4.69, 9.17) is 0 Å². The van der Waals surface area contributed by atoms with Crippen LogP contribution in [0.3, 0.4) is 0 Å². The van der Waals surface area contributed by atoms with Gasteiger partial charge < -0.3 is 0 Å². The van der Waals surface area contributed by atoms with Crippen LogP contribution in [0.15, 0.2) is 55.6 Å². The van der Waals surface area contributed by atoms with Gasteiger partial charge in [0.05, 0.1) is 14.1 Å². The predicted octanol–water partition coefficient (Wildman–Crippen LogP) is 2.33. The number of aryl methyl sites for hydroxylation is 2. The van der Waals surface area contributed by atoms with E-state index < -0.39 is 0 Å². The van der Waals surface area contributed by atoms with Gasteiger partial charge in [-0.25, -0.2) is 18.3 Å². The van der Waals surface area contributed by atoms with Crippen molar-refractivity contribution in [1.82, 2.24) is 9.13 Å². The quantitative estimate of drug-likeness (QED) is 0.656. The van der Waals surface area contributed by atoms with Crippen LogP contribution in [-0.4, -0.2) is 9.13 Å². The molecule has 0 atom stereocenters. The molecule has 0 unspecified atom stereocenters. The molecule has 0 aliphatic carbocycles. The van der Waals surface area contributed by atoms with Crippen molar-refractivity contribution in [3.05, 3.63) is 72.3 Å². The number of rotatable bonds is 4. The molecule has 0 saturated carbocycles. The molecular weight excluding hydrogens is 296 g/mol. The van der Waals surface area contributed by atoms with Crippen LogP contribution in [-0.2, 0) is 32.6 Å². The minimum atomic E-state index is 0.146. The zero-order chi connectivity index (χ0) is 17.3. The SMILES string of the molecule is C[n+]1ccn(Cc2cc(Cn3cc[n+](C)c3)cc(C(C)(C)C)c2)c1. The van der Waals surface area contributed by atoms with Gasteiger partial charge in [-0.15, -0.1) is 0 Å². The van der Waals surface area contributed by atoms with E-state index in [1.165, 1.54) is 16.7 Å². The van der Waals surface area contributed by atoms with Crippen molar-refractivity contribution in [3.63, 3.8) is 0 Å². The smallest absolute Gasteiger partial charge is 0.240 e. The number of hydrogen-bond donors (Lipinski definition) is 0. The number of hydrogen-bond acceptors (Lipinski definition) is 0. The summed E-state index contributed by atoms with van der Waals surface area (Å²) in [6.07, 6.45) is 12.6. The minimum absolute atomic E-state index is 0.146. The van der Waals surface area contributed by atoms with Crippen LogP contribution >= 0.6 is 0 Å². The maximum absolute atomic E-state index is 2.35. The average molecular weight is 324 g/mol. The van der Waals surface area contributed by atoms with E-state index in [0.717, 1.165) is 13.1 Å². The molecule has 4 heteroatoms. The Kier molecular flexibility index (Phi) is 4.31. The van der Waals surface area contributed by atoms with Crippen LogP contribution in [0.2, 0.25) is 0 Å². The monoisotopic (exact) mass is 324 g/mol. The molecule has 0 aliphatic heterocycles. The molecule has 0 saturated heterocycles. The highest BCUT2D eigenvalue weighted by molar-refractivity contribution is 5.34. The largest absolute Gasteiger partial charge is 0.243 e. The Bertz CT molecular complexity index is 773. The van der Waals surface area contributed by atoms with Crippen molar-refractivity contribution in [2.45, 2.75) is 39.3 Å². The van der Waals surface area contributed by atoms with E-state index in [9.17, 15) is 0 Å². The first kappa shape index (κ1) is 16.5. The predicted molar refractivity (Wildman–Crippen MR) is 94.6 cm³/mol. The Hall–Kier alpha value is -2.36. The lowest BCUT2D eigenvalue weighted by molar-refractivity contribution is -0.671. The minimum Gasteiger partial charge on any atom is -0.240 e. The van der Waals surface area contributed by atoms with E-state index in [2.05, 4.69) is 109 Å². The van der Waals surface area contributed by atoms with Crippen molar-refractivity contribution < 1.29 is 9.13 Å². The lowest BCUT2D eigenvalue weighted by Crippen LogP contribution is -2.24. The summed E-state index contributed by atoms with van der Waals surface area (Å²) >= 11 is 0. The van der Waals surface area contributed by atoms with E-state index in [1.807, 2.05) is 0 Å². The topological polar surface area (TPSA) is 17.6 Å². The van der Waals surface area contributed by atoms with Gasteiger partial charge in [0.25, 0.3) is 0 Å².